The van der Waals surface area contributed by atoms with Gasteiger partial charge in [-0.05, 0) is 47.2 Å². The number of Topliss-reactive ketones (excluding diaryl/α,β-unsaturated/α-hetero) is 1. The summed E-state index contributed by atoms with van der Waals surface area (Å²) in [6.45, 7) is 1.90. The molecule has 0 spiro atoms. The van der Waals surface area contributed by atoms with Crippen molar-refractivity contribution >= 4 is 40.4 Å². The van der Waals surface area contributed by atoms with E-state index in [4.69, 9.17) is 23.2 Å². The van der Waals surface area contributed by atoms with Gasteiger partial charge in [0.2, 0.25) is 0 Å². The first-order valence-electron chi connectivity index (χ1n) is 9.10. The summed E-state index contributed by atoms with van der Waals surface area (Å²) in [4.78, 5) is 13.3. The van der Waals surface area contributed by atoms with Crippen molar-refractivity contribution < 1.29 is 4.79 Å². The average Bonchev–Trinajstić information content (AvgIpc) is 3.31. The van der Waals surface area contributed by atoms with Gasteiger partial charge in [0.1, 0.15) is 5.78 Å². The van der Waals surface area contributed by atoms with E-state index in [1.54, 1.807) is 0 Å². The molecule has 0 fully saturated rings. The second-order valence-electron chi connectivity index (χ2n) is 7.00. The molecule has 5 heteroatoms. The minimum Gasteiger partial charge on any atom is -0.384 e. The maximum absolute atomic E-state index is 13.3. The van der Waals surface area contributed by atoms with Gasteiger partial charge in [0, 0.05) is 36.2 Å². The standard InChI is InChI=1S/C21H22Cl2N2O/c22-11-17(15-3-1-13-5-7-24-19(13)9-15)21(26)18(12-23)16-4-2-14-6-8-25-20(14)10-16/h1-4,9-10,17-18,24-25H,5-8,11-12H2. The molecule has 0 amide bonds. The monoisotopic (exact) mass is 388 g/mol. The van der Waals surface area contributed by atoms with E-state index in [1.807, 2.05) is 12.1 Å². The SMILES string of the molecule is O=C(C(CCl)c1ccc2c(c1)NCC2)C(CCl)c1ccc2c(c1)NCC2. The lowest BCUT2D eigenvalue weighted by atomic mass is 9.84. The number of hydrogen-bond donors (Lipinski definition) is 2. The lowest BCUT2D eigenvalue weighted by molar-refractivity contribution is -0.121. The average molecular weight is 389 g/mol. The predicted octanol–water partition coefficient (Wildman–Crippen LogP) is 4.54. The minimum absolute atomic E-state index is 0.0888. The topological polar surface area (TPSA) is 41.1 Å². The summed E-state index contributed by atoms with van der Waals surface area (Å²) in [5.41, 5.74) is 6.77. The van der Waals surface area contributed by atoms with Crippen molar-refractivity contribution in [3.8, 4) is 0 Å². The van der Waals surface area contributed by atoms with Crippen molar-refractivity contribution in [3.05, 3.63) is 58.7 Å². The summed E-state index contributed by atoms with van der Waals surface area (Å²) >= 11 is 12.5. The molecule has 136 valence electrons. The summed E-state index contributed by atoms with van der Waals surface area (Å²) in [5.74, 6) is -0.0999. The second kappa shape index (κ2) is 7.50. The van der Waals surface area contributed by atoms with E-state index >= 15 is 0 Å². The molecule has 3 nitrogen and oxygen atoms in total. The second-order valence-corrected chi connectivity index (χ2v) is 7.62. The molecular formula is C21H22Cl2N2O. The molecule has 2 aliphatic rings. The minimum atomic E-state index is -0.352. The summed E-state index contributed by atoms with van der Waals surface area (Å²) in [5, 5.41) is 6.75. The van der Waals surface area contributed by atoms with Crippen LogP contribution in [0.5, 0.6) is 0 Å². The number of anilines is 2. The van der Waals surface area contributed by atoms with Gasteiger partial charge in [-0.3, -0.25) is 4.79 Å². The quantitative estimate of drug-likeness (QED) is 0.713. The lowest BCUT2D eigenvalue weighted by Crippen LogP contribution is -2.23. The van der Waals surface area contributed by atoms with Crippen LogP contribution in [-0.2, 0) is 17.6 Å². The number of alkyl halides is 2. The molecule has 2 unspecified atom stereocenters. The summed E-state index contributed by atoms with van der Waals surface area (Å²) < 4.78 is 0. The number of hydrogen-bond acceptors (Lipinski definition) is 3. The Labute approximate surface area is 164 Å². The smallest absolute Gasteiger partial charge is 0.150 e. The zero-order valence-corrected chi connectivity index (χ0v) is 16.0. The van der Waals surface area contributed by atoms with Gasteiger partial charge in [-0.2, -0.15) is 0 Å². The van der Waals surface area contributed by atoms with Crippen LogP contribution >= 0.6 is 23.2 Å². The maximum atomic E-state index is 13.3. The molecule has 0 aliphatic carbocycles. The zero-order chi connectivity index (χ0) is 18.1. The first kappa shape index (κ1) is 17.7. The van der Waals surface area contributed by atoms with Crippen LogP contribution in [0.25, 0.3) is 0 Å². The highest BCUT2D eigenvalue weighted by molar-refractivity contribution is 6.22. The molecular weight excluding hydrogens is 367 g/mol. The maximum Gasteiger partial charge on any atom is 0.150 e. The van der Waals surface area contributed by atoms with E-state index in [0.717, 1.165) is 48.4 Å². The number of carbonyl (C=O) groups excluding carboxylic acids is 1. The van der Waals surface area contributed by atoms with E-state index in [1.165, 1.54) is 11.1 Å². The summed E-state index contributed by atoms with van der Waals surface area (Å²) in [6.07, 6.45) is 2.06. The van der Waals surface area contributed by atoms with Crippen molar-refractivity contribution in [1.29, 1.82) is 0 Å². The molecule has 26 heavy (non-hydrogen) atoms. The van der Waals surface area contributed by atoms with E-state index in [9.17, 15) is 4.79 Å². The van der Waals surface area contributed by atoms with Crippen LogP contribution in [0.3, 0.4) is 0 Å². The largest absolute Gasteiger partial charge is 0.384 e. The number of rotatable bonds is 6. The van der Waals surface area contributed by atoms with E-state index in [-0.39, 0.29) is 29.4 Å². The third kappa shape index (κ3) is 3.19. The Morgan fingerprint density at radius 3 is 1.73 bits per heavy atom. The molecule has 4 rings (SSSR count). The van der Waals surface area contributed by atoms with Crippen molar-refractivity contribution in [2.45, 2.75) is 24.7 Å². The number of benzene rings is 2. The van der Waals surface area contributed by atoms with Gasteiger partial charge < -0.3 is 10.6 Å². The normalized spacial score (nSPS) is 17.0. The molecule has 0 aromatic heterocycles. The number of ketones is 1. The zero-order valence-electron chi connectivity index (χ0n) is 14.5. The summed E-state index contributed by atoms with van der Waals surface area (Å²) in [7, 11) is 0. The highest BCUT2D eigenvalue weighted by atomic mass is 35.5. The molecule has 0 saturated carbocycles. The Bertz CT molecular complexity index is 769. The van der Waals surface area contributed by atoms with Gasteiger partial charge in [0.25, 0.3) is 0 Å². The number of nitrogens with one attached hydrogen (secondary N) is 2. The van der Waals surface area contributed by atoms with Crippen LogP contribution in [0, 0.1) is 0 Å². The lowest BCUT2D eigenvalue weighted by Gasteiger charge is -2.21. The molecule has 0 saturated heterocycles. The fraction of sp³-hybridized carbons (Fsp3) is 0.381. The fourth-order valence-electron chi connectivity index (χ4n) is 3.95. The molecule has 2 atom stereocenters. The van der Waals surface area contributed by atoms with Crippen LogP contribution in [-0.4, -0.2) is 30.6 Å². The molecule has 2 N–H and O–H groups in total. The third-order valence-electron chi connectivity index (χ3n) is 5.49. The van der Waals surface area contributed by atoms with Crippen molar-refractivity contribution in [2.75, 3.05) is 35.5 Å². The molecule has 0 radical (unpaired) electrons. The van der Waals surface area contributed by atoms with Crippen LogP contribution in [0.4, 0.5) is 11.4 Å². The van der Waals surface area contributed by atoms with Gasteiger partial charge in [0.05, 0.1) is 11.8 Å². The molecule has 2 heterocycles. The van der Waals surface area contributed by atoms with E-state index in [2.05, 4.69) is 34.9 Å². The number of fused-ring (bicyclic) bond motifs is 2. The van der Waals surface area contributed by atoms with Crippen LogP contribution < -0.4 is 10.6 Å². The van der Waals surface area contributed by atoms with Crippen molar-refractivity contribution in [3.63, 3.8) is 0 Å². The summed E-state index contributed by atoms with van der Waals surface area (Å²) in [6, 6.07) is 12.4. The fourth-order valence-corrected chi connectivity index (χ4v) is 4.61. The molecule has 0 bridgehead atoms. The first-order valence-corrected chi connectivity index (χ1v) is 10.2. The van der Waals surface area contributed by atoms with E-state index < -0.39 is 0 Å². The van der Waals surface area contributed by atoms with Gasteiger partial charge in [-0.25, -0.2) is 0 Å². The first-order chi connectivity index (χ1) is 12.7. The van der Waals surface area contributed by atoms with Gasteiger partial charge in [0.15, 0.2) is 0 Å². The van der Waals surface area contributed by atoms with Crippen LogP contribution in [0.1, 0.15) is 34.1 Å². The molecule has 2 aliphatic heterocycles. The van der Waals surface area contributed by atoms with Gasteiger partial charge in [-0.15, -0.1) is 23.2 Å². The number of halogens is 2. The Morgan fingerprint density at radius 1 is 0.846 bits per heavy atom. The third-order valence-corrected chi connectivity index (χ3v) is 6.10. The van der Waals surface area contributed by atoms with Gasteiger partial charge >= 0.3 is 0 Å². The Hall–Kier alpha value is -1.71. The Morgan fingerprint density at radius 2 is 1.31 bits per heavy atom. The highest BCUT2D eigenvalue weighted by Gasteiger charge is 2.30. The van der Waals surface area contributed by atoms with Gasteiger partial charge in [-0.1, -0.05) is 24.3 Å². The highest BCUT2D eigenvalue weighted by Crippen LogP contribution is 2.34. The predicted molar refractivity (Wildman–Crippen MR) is 109 cm³/mol. The number of carbonyl (C=O) groups is 1. The molecule has 2 aromatic carbocycles. The van der Waals surface area contributed by atoms with Crippen molar-refractivity contribution in [1.82, 2.24) is 0 Å². The Balaban J connectivity index is 1.62. The van der Waals surface area contributed by atoms with Crippen LogP contribution in [0.15, 0.2) is 36.4 Å². The molecule has 2 aromatic rings. The Kier molecular flexibility index (Phi) is 5.10. The van der Waals surface area contributed by atoms with E-state index in [0.29, 0.717) is 0 Å². The van der Waals surface area contributed by atoms with Crippen LogP contribution in [0.2, 0.25) is 0 Å². The van der Waals surface area contributed by atoms with Crippen molar-refractivity contribution in [2.24, 2.45) is 0 Å².